The molecule has 2 atom stereocenters. The summed E-state index contributed by atoms with van der Waals surface area (Å²) < 4.78 is 12.7. The molecule has 0 fully saturated rings. The number of amides is 2. The highest BCUT2D eigenvalue weighted by molar-refractivity contribution is 7.98. The highest BCUT2D eigenvalue weighted by atomic mass is 32.2. The lowest BCUT2D eigenvalue weighted by atomic mass is 10.1. The number of ether oxygens (including phenoxy) is 1. The Morgan fingerprint density at radius 1 is 0.930 bits per heavy atom. The van der Waals surface area contributed by atoms with Crippen LogP contribution in [0, 0.1) is 0 Å². The van der Waals surface area contributed by atoms with Crippen molar-refractivity contribution in [3.63, 3.8) is 0 Å². The van der Waals surface area contributed by atoms with Gasteiger partial charge in [0.1, 0.15) is 17.4 Å². The molecule has 0 spiro atoms. The standard InChI is InChI=1S/C35H46N2O4SSi/c1-34(2,3)40-33(39)37-31(22-23-42-7)32(38)36-30-21-19-25-18-20-26(24-29(25)30)41-43(35(4,5)6,27-14-10-8-11-15-27)28-16-12-9-13-17-28/h8-18,20,24,30-31H,19,21-23H2,1-7H3,(H,36,38)(H,37,39)/t30?,31-/m1/s1. The van der Waals surface area contributed by atoms with E-state index in [9.17, 15) is 9.59 Å². The number of aryl methyl sites for hydroxylation is 1. The Morgan fingerprint density at radius 2 is 1.53 bits per heavy atom. The maximum Gasteiger partial charge on any atom is 0.408 e. The van der Waals surface area contributed by atoms with E-state index in [0.29, 0.717) is 6.42 Å². The molecule has 2 N–H and O–H groups in total. The first-order chi connectivity index (χ1) is 20.3. The Labute approximate surface area is 262 Å². The quantitative estimate of drug-likeness (QED) is 0.258. The average molecular weight is 619 g/mol. The molecule has 3 aromatic carbocycles. The zero-order valence-corrected chi connectivity index (χ0v) is 28.3. The highest BCUT2D eigenvalue weighted by Crippen LogP contribution is 2.40. The summed E-state index contributed by atoms with van der Waals surface area (Å²) in [6.07, 6.45) is 3.59. The van der Waals surface area contributed by atoms with Crippen LogP contribution in [0.2, 0.25) is 5.04 Å². The van der Waals surface area contributed by atoms with Gasteiger partial charge in [-0.25, -0.2) is 4.79 Å². The second-order valence-electron chi connectivity index (χ2n) is 13.2. The van der Waals surface area contributed by atoms with Crippen LogP contribution in [0.25, 0.3) is 0 Å². The lowest BCUT2D eigenvalue weighted by Crippen LogP contribution is -2.68. The largest absolute Gasteiger partial charge is 0.534 e. The van der Waals surface area contributed by atoms with E-state index >= 15 is 0 Å². The molecule has 4 rings (SSSR count). The van der Waals surface area contributed by atoms with Gasteiger partial charge in [0.05, 0.1) is 6.04 Å². The van der Waals surface area contributed by atoms with Gasteiger partial charge in [-0.2, -0.15) is 11.8 Å². The van der Waals surface area contributed by atoms with Gasteiger partial charge in [0.15, 0.2) is 0 Å². The van der Waals surface area contributed by atoms with Crippen molar-refractivity contribution >= 4 is 42.5 Å². The summed E-state index contributed by atoms with van der Waals surface area (Å²) in [6, 6.07) is 26.7. The first-order valence-corrected chi connectivity index (χ1v) is 18.4. The van der Waals surface area contributed by atoms with Gasteiger partial charge in [-0.15, -0.1) is 0 Å². The number of alkyl carbamates (subject to hydrolysis) is 1. The molecule has 230 valence electrons. The zero-order chi connectivity index (χ0) is 31.3. The second-order valence-corrected chi connectivity index (χ2v) is 18.4. The molecule has 1 aliphatic carbocycles. The molecule has 1 aliphatic rings. The molecule has 0 radical (unpaired) electrons. The van der Waals surface area contributed by atoms with Crippen LogP contribution in [0.3, 0.4) is 0 Å². The summed E-state index contributed by atoms with van der Waals surface area (Å²) in [6.45, 7) is 12.2. The van der Waals surface area contributed by atoms with Crippen LogP contribution in [0.1, 0.15) is 71.6 Å². The summed E-state index contributed by atoms with van der Waals surface area (Å²) in [5.41, 5.74) is 1.64. The molecular weight excluding hydrogens is 573 g/mol. The SMILES string of the molecule is CSCC[C@@H](NC(=O)OC(C)(C)C)C(=O)NC1CCc2ccc(O[Si](c3ccccc3)(c3ccccc3)C(C)(C)C)cc21. The molecule has 0 bridgehead atoms. The Hall–Kier alpha value is -3.23. The number of benzene rings is 3. The van der Waals surface area contributed by atoms with Crippen LogP contribution in [0.5, 0.6) is 5.75 Å². The van der Waals surface area contributed by atoms with Gasteiger partial charge >= 0.3 is 14.4 Å². The molecule has 3 aromatic rings. The van der Waals surface area contributed by atoms with Crippen molar-refractivity contribution in [1.82, 2.24) is 10.6 Å². The fourth-order valence-corrected chi connectivity index (χ4v) is 10.7. The van der Waals surface area contributed by atoms with Gasteiger partial charge in [0.25, 0.3) is 0 Å². The van der Waals surface area contributed by atoms with Crippen molar-refractivity contribution in [2.24, 2.45) is 0 Å². The van der Waals surface area contributed by atoms with Crippen LogP contribution in [0.15, 0.2) is 78.9 Å². The molecule has 1 unspecified atom stereocenters. The summed E-state index contributed by atoms with van der Waals surface area (Å²) >= 11 is 1.64. The van der Waals surface area contributed by atoms with Gasteiger partial charge in [-0.3, -0.25) is 4.79 Å². The van der Waals surface area contributed by atoms with Crippen LogP contribution in [0.4, 0.5) is 4.79 Å². The van der Waals surface area contributed by atoms with E-state index in [1.54, 1.807) is 11.8 Å². The van der Waals surface area contributed by atoms with Crippen molar-refractivity contribution in [3.05, 3.63) is 90.0 Å². The molecule has 0 heterocycles. The molecule has 0 saturated carbocycles. The minimum Gasteiger partial charge on any atom is -0.534 e. The minimum atomic E-state index is -2.80. The molecule has 8 heteroatoms. The number of carbonyl (C=O) groups excluding carboxylic acids is 2. The molecule has 6 nitrogen and oxygen atoms in total. The first-order valence-electron chi connectivity index (χ1n) is 15.1. The van der Waals surface area contributed by atoms with Crippen LogP contribution in [-0.2, 0) is 16.0 Å². The van der Waals surface area contributed by atoms with Gasteiger partial charge in [-0.05, 0) is 90.7 Å². The summed E-state index contributed by atoms with van der Waals surface area (Å²) in [4.78, 5) is 26.0. The number of fused-ring (bicyclic) bond motifs is 1. The van der Waals surface area contributed by atoms with Crippen molar-refractivity contribution < 1.29 is 18.8 Å². The second kappa shape index (κ2) is 13.6. The maximum absolute atomic E-state index is 13.5. The Bertz CT molecular complexity index is 1350. The zero-order valence-electron chi connectivity index (χ0n) is 26.5. The Kier molecular flexibility index (Phi) is 10.3. The van der Waals surface area contributed by atoms with E-state index in [1.807, 2.05) is 39.2 Å². The first kappa shape index (κ1) is 32.7. The van der Waals surface area contributed by atoms with Crippen molar-refractivity contribution in [3.8, 4) is 5.75 Å². The molecular formula is C35H46N2O4SSi. The predicted molar refractivity (Wildman–Crippen MR) is 180 cm³/mol. The van der Waals surface area contributed by atoms with Gasteiger partial charge in [0.2, 0.25) is 5.91 Å². The van der Waals surface area contributed by atoms with Gasteiger partial charge in [-0.1, -0.05) is 87.5 Å². The Balaban J connectivity index is 1.63. The van der Waals surface area contributed by atoms with Crippen molar-refractivity contribution in [2.75, 3.05) is 12.0 Å². The fourth-order valence-electron chi connectivity index (χ4n) is 5.85. The number of hydrogen-bond donors (Lipinski definition) is 2. The van der Waals surface area contributed by atoms with Crippen molar-refractivity contribution in [2.45, 2.75) is 83.5 Å². The minimum absolute atomic E-state index is 0.164. The summed E-state index contributed by atoms with van der Waals surface area (Å²) in [5.74, 6) is 1.35. The number of rotatable bonds is 10. The molecule has 0 saturated heterocycles. The number of hydrogen-bond acceptors (Lipinski definition) is 5. The van der Waals surface area contributed by atoms with E-state index < -0.39 is 26.1 Å². The molecule has 0 aliphatic heterocycles. The monoisotopic (exact) mass is 618 g/mol. The van der Waals surface area contributed by atoms with E-state index in [2.05, 4.69) is 98.1 Å². The molecule has 0 aromatic heterocycles. The predicted octanol–water partition coefficient (Wildman–Crippen LogP) is 6.38. The fraction of sp³-hybridized carbons (Fsp3) is 0.429. The topological polar surface area (TPSA) is 76.7 Å². The third-order valence-electron chi connectivity index (χ3n) is 7.82. The smallest absolute Gasteiger partial charge is 0.408 e. The maximum atomic E-state index is 13.5. The third-order valence-corrected chi connectivity index (χ3v) is 13.4. The van der Waals surface area contributed by atoms with Crippen LogP contribution in [-0.4, -0.2) is 44.0 Å². The average Bonchev–Trinajstić information content (AvgIpc) is 3.34. The van der Waals surface area contributed by atoms with Gasteiger partial charge < -0.3 is 19.8 Å². The van der Waals surface area contributed by atoms with E-state index in [-0.39, 0.29) is 17.0 Å². The van der Waals surface area contributed by atoms with Crippen LogP contribution >= 0.6 is 11.8 Å². The van der Waals surface area contributed by atoms with E-state index in [4.69, 9.17) is 9.16 Å². The van der Waals surface area contributed by atoms with Crippen LogP contribution < -0.4 is 25.4 Å². The van der Waals surface area contributed by atoms with E-state index in [1.165, 1.54) is 15.9 Å². The molecule has 2 amide bonds. The highest BCUT2D eigenvalue weighted by Gasteiger charge is 2.52. The summed E-state index contributed by atoms with van der Waals surface area (Å²) in [7, 11) is -2.80. The normalized spacial score (nSPS) is 15.7. The lowest BCUT2D eigenvalue weighted by molar-refractivity contribution is -0.124. The molecule has 43 heavy (non-hydrogen) atoms. The van der Waals surface area contributed by atoms with Gasteiger partial charge in [0, 0.05) is 0 Å². The van der Waals surface area contributed by atoms with E-state index in [0.717, 1.165) is 29.9 Å². The third kappa shape index (κ3) is 7.84. The lowest BCUT2D eigenvalue weighted by Gasteiger charge is -2.43. The number of carbonyl (C=O) groups is 2. The number of nitrogens with one attached hydrogen (secondary N) is 2. The summed E-state index contributed by atoms with van der Waals surface area (Å²) in [5, 5.41) is 8.29. The van der Waals surface area contributed by atoms with Crippen molar-refractivity contribution in [1.29, 1.82) is 0 Å². The Morgan fingerprint density at radius 3 is 2.07 bits per heavy atom. The number of thioether (sulfide) groups is 1.